The molecule has 2 heterocycles. The molecule has 4 nitrogen and oxygen atoms in total. The van der Waals surface area contributed by atoms with Crippen LogP contribution in [0.25, 0.3) is 10.8 Å². The van der Waals surface area contributed by atoms with Crippen LogP contribution in [-0.4, -0.2) is 29.2 Å². The van der Waals surface area contributed by atoms with Gasteiger partial charge in [-0.25, -0.2) is 4.79 Å². The van der Waals surface area contributed by atoms with E-state index in [0.29, 0.717) is 11.1 Å². The van der Waals surface area contributed by atoms with Gasteiger partial charge in [0.25, 0.3) is 0 Å². The van der Waals surface area contributed by atoms with E-state index in [1.54, 1.807) is 6.07 Å². The summed E-state index contributed by atoms with van der Waals surface area (Å²) in [5, 5.41) is 11.1. The van der Waals surface area contributed by atoms with Crippen molar-refractivity contribution in [2.45, 2.75) is 38.8 Å². The molecular formula is C17H21NO3. The number of benzene rings is 1. The van der Waals surface area contributed by atoms with Gasteiger partial charge in [-0.15, -0.1) is 0 Å². The number of aryl methyl sites for hydroxylation is 1. The summed E-state index contributed by atoms with van der Waals surface area (Å²) in [4.78, 5) is 14.4. The first-order valence-electron chi connectivity index (χ1n) is 7.52. The lowest BCUT2D eigenvalue weighted by Crippen LogP contribution is -2.34. The van der Waals surface area contributed by atoms with E-state index in [2.05, 4.69) is 4.90 Å². The highest BCUT2D eigenvalue weighted by Crippen LogP contribution is 2.30. The Hall–Kier alpha value is -1.65. The fraction of sp³-hybridized carbons (Fsp3) is 0.471. The number of rotatable bonds is 3. The van der Waals surface area contributed by atoms with Crippen LogP contribution >= 0.6 is 0 Å². The van der Waals surface area contributed by atoms with Crippen LogP contribution < -0.4 is 5.63 Å². The fourth-order valence-electron chi connectivity index (χ4n) is 3.32. The van der Waals surface area contributed by atoms with E-state index in [1.807, 2.05) is 32.0 Å². The molecule has 0 bridgehead atoms. The highest BCUT2D eigenvalue weighted by atomic mass is 16.4. The zero-order valence-corrected chi connectivity index (χ0v) is 12.5. The van der Waals surface area contributed by atoms with Gasteiger partial charge in [0.1, 0.15) is 5.76 Å². The SMILES string of the molecule is Cc1cccc2c(=O)oc([C@@H](C)N3CCCC3CO)cc12. The zero-order chi connectivity index (χ0) is 15.0. The summed E-state index contributed by atoms with van der Waals surface area (Å²) < 4.78 is 5.53. The fourth-order valence-corrected chi connectivity index (χ4v) is 3.32. The van der Waals surface area contributed by atoms with Crippen LogP contribution in [0.15, 0.2) is 33.5 Å². The maximum absolute atomic E-state index is 12.2. The lowest BCUT2D eigenvalue weighted by atomic mass is 10.1. The lowest BCUT2D eigenvalue weighted by molar-refractivity contribution is 0.114. The molecule has 0 aliphatic carbocycles. The highest BCUT2D eigenvalue weighted by molar-refractivity contribution is 5.84. The van der Waals surface area contributed by atoms with Crippen molar-refractivity contribution in [2.75, 3.05) is 13.2 Å². The normalized spacial score (nSPS) is 21.0. The monoisotopic (exact) mass is 287 g/mol. The second-order valence-corrected chi connectivity index (χ2v) is 5.86. The molecule has 1 aliphatic heterocycles. The number of aliphatic hydroxyl groups is 1. The van der Waals surface area contributed by atoms with Crippen molar-refractivity contribution in [3.63, 3.8) is 0 Å². The second-order valence-electron chi connectivity index (χ2n) is 5.86. The van der Waals surface area contributed by atoms with E-state index >= 15 is 0 Å². The standard InChI is InChI=1S/C17H21NO3/c1-11-5-3-7-14-15(11)9-16(21-17(14)20)12(2)18-8-4-6-13(18)10-19/h3,5,7,9,12-13,19H,4,6,8,10H2,1-2H3/t12-,13?/m1/s1. The Bertz CT molecular complexity index is 707. The predicted molar refractivity (Wildman–Crippen MR) is 82.4 cm³/mol. The first-order chi connectivity index (χ1) is 10.1. The van der Waals surface area contributed by atoms with Gasteiger partial charge in [0.2, 0.25) is 0 Å². The van der Waals surface area contributed by atoms with Crippen molar-refractivity contribution in [3.05, 3.63) is 46.0 Å². The third-order valence-electron chi connectivity index (χ3n) is 4.58. The maximum atomic E-state index is 12.2. The Morgan fingerprint density at radius 2 is 2.24 bits per heavy atom. The van der Waals surface area contributed by atoms with E-state index in [4.69, 9.17) is 4.42 Å². The summed E-state index contributed by atoms with van der Waals surface area (Å²) in [7, 11) is 0. The van der Waals surface area contributed by atoms with Gasteiger partial charge >= 0.3 is 5.63 Å². The molecule has 0 spiro atoms. The van der Waals surface area contributed by atoms with Gasteiger partial charge in [0.15, 0.2) is 0 Å². The minimum atomic E-state index is -0.280. The van der Waals surface area contributed by atoms with Crippen molar-refractivity contribution >= 4 is 10.8 Å². The van der Waals surface area contributed by atoms with Gasteiger partial charge in [-0.05, 0) is 56.3 Å². The Balaban J connectivity index is 2.04. The molecule has 1 aromatic heterocycles. The molecule has 21 heavy (non-hydrogen) atoms. The molecule has 0 saturated carbocycles. The quantitative estimate of drug-likeness (QED) is 0.943. The number of nitrogens with zero attached hydrogens (tertiary/aromatic N) is 1. The molecule has 1 unspecified atom stereocenters. The average molecular weight is 287 g/mol. The molecule has 112 valence electrons. The third-order valence-corrected chi connectivity index (χ3v) is 4.58. The van der Waals surface area contributed by atoms with Gasteiger partial charge in [-0.1, -0.05) is 12.1 Å². The lowest BCUT2D eigenvalue weighted by Gasteiger charge is -2.28. The zero-order valence-electron chi connectivity index (χ0n) is 12.5. The van der Waals surface area contributed by atoms with Gasteiger partial charge < -0.3 is 9.52 Å². The van der Waals surface area contributed by atoms with Crippen molar-refractivity contribution < 1.29 is 9.52 Å². The van der Waals surface area contributed by atoms with Crippen molar-refractivity contribution in [1.29, 1.82) is 0 Å². The summed E-state index contributed by atoms with van der Waals surface area (Å²) in [5.41, 5.74) is 0.798. The molecule has 0 amide bonds. The molecular weight excluding hydrogens is 266 g/mol. The molecule has 4 heteroatoms. The van der Waals surface area contributed by atoms with Crippen molar-refractivity contribution in [1.82, 2.24) is 4.90 Å². The molecule has 1 aliphatic rings. The van der Waals surface area contributed by atoms with Crippen molar-refractivity contribution in [3.8, 4) is 0 Å². The van der Waals surface area contributed by atoms with Crippen molar-refractivity contribution in [2.24, 2.45) is 0 Å². The summed E-state index contributed by atoms with van der Waals surface area (Å²) >= 11 is 0. The molecule has 1 saturated heterocycles. The van der Waals surface area contributed by atoms with Crippen LogP contribution in [0.1, 0.15) is 37.1 Å². The minimum Gasteiger partial charge on any atom is -0.426 e. The molecule has 1 fully saturated rings. The summed E-state index contributed by atoms with van der Waals surface area (Å²) in [6.45, 7) is 5.13. The van der Waals surface area contributed by atoms with Crippen LogP contribution in [0.4, 0.5) is 0 Å². The summed E-state index contributed by atoms with van der Waals surface area (Å²) in [6, 6.07) is 7.82. The Labute approximate surface area is 124 Å². The second kappa shape index (κ2) is 5.62. The number of hydrogen-bond donors (Lipinski definition) is 1. The van der Waals surface area contributed by atoms with Gasteiger partial charge in [0.05, 0.1) is 18.0 Å². The number of fused-ring (bicyclic) bond motifs is 1. The minimum absolute atomic E-state index is 0.00126. The van der Waals surface area contributed by atoms with Crippen LogP contribution in [0.5, 0.6) is 0 Å². The Morgan fingerprint density at radius 3 is 3.00 bits per heavy atom. The smallest absolute Gasteiger partial charge is 0.343 e. The number of likely N-dealkylation sites (tertiary alicyclic amines) is 1. The molecule has 3 rings (SSSR count). The Morgan fingerprint density at radius 1 is 1.43 bits per heavy atom. The van der Waals surface area contributed by atoms with Crippen LogP contribution in [0, 0.1) is 6.92 Å². The van der Waals surface area contributed by atoms with Gasteiger partial charge in [0, 0.05) is 6.04 Å². The van der Waals surface area contributed by atoms with E-state index in [9.17, 15) is 9.90 Å². The van der Waals surface area contributed by atoms with E-state index < -0.39 is 0 Å². The third kappa shape index (κ3) is 2.49. The van der Waals surface area contributed by atoms with Crippen LogP contribution in [0.3, 0.4) is 0 Å². The number of hydrogen-bond acceptors (Lipinski definition) is 4. The first kappa shape index (κ1) is 14.3. The topological polar surface area (TPSA) is 53.7 Å². The molecule has 1 N–H and O–H groups in total. The Kier molecular flexibility index (Phi) is 3.83. The average Bonchev–Trinajstić information content (AvgIpc) is 2.96. The summed E-state index contributed by atoms with van der Waals surface area (Å²) in [6.07, 6.45) is 2.07. The molecule has 2 atom stereocenters. The predicted octanol–water partition coefficient (Wildman–Crippen LogP) is 2.62. The molecule has 2 aromatic rings. The molecule has 0 radical (unpaired) electrons. The van der Waals surface area contributed by atoms with E-state index in [-0.39, 0.29) is 24.3 Å². The largest absolute Gasteiger partial charge is 0.426 e. The highest BCUT2D eigenvalue weighted by Gasteiger charge is 2.30. The first-order valence-corrected chi connectivity index (χ1v) is 7.52. The number of aliphatic hydroxyl groups excluding tert-OH is 1. The molecule has 1 aromatic carbocycles. The van der Waals surface area contributed by atoms with Gasteiger partial charge in [-0.3, -0.25) is 4.90 Å². The van der Waals surface area contributed by atoms with Gasteiger partial charge in [-0.2, -0.15) is 0 Å². The van der Waals surface area contributed by atoms with Crippen LogP contribution in [0.2, 0.25) is 0 Å². The maximum Gasteiger partial charge on any atom is 0.343 e. The van der Waals surface area contributed by atoms with E-state index in [1.165, 1.54) is 0 Å². The van der Waals surface area contributed by atoms with E-state index in [0.717, 1.165) is 30.3 Å². The van der Waals surface area contributed by atoms with Crippen LogP contribution in [-0.2, 0) is 0 Å². The summed E-state index contributed by atoms with van der Waals surface area (Å²) in [5.74, 6) is 0.683.